The summed E-state index contributed by atoms with van der Waals surface area (Å²) in [6.07, 6.45) is 2.39. The Balaban J connectivity index is 1.93. The third-order valence-electron chi connectivity index (χ3n) is 4.11. The summed E-state index contributed by atoms with van der Waals surface area (Å²) in [6, 6.07) is 9.77. The van der Waals surface area contributed by atoms with E-state index in [0.717, 1.165) is 6.26 Å². The van der Waals surface area contributed by atoms with E-state index < -0.39 is 28.4 Å². The number of hydrogen-bond acceptors (Lipinski definition) is 6. The molecule has 3 aromatic rings. The zero-order valence-electron chi connectivity index (χ0n) is 16.4. The molecule has 0 spiro atoms. The van der Waals surface area contributed by atoms with Crippen LogP contribution in [-0.4, -0.2) is 38.1 Å². The van der Waals surface area contributed by atoms with Crippen molar-refractivity contribution < 1.29 is 22.7 Å². The van der Waals surface area contributed by atoms with Crippen LogP contribution < -0.4 is 14.8 Å². The maximum atomic E-state index is 12.8. The highest BCUT2D eigenvalue weighted by Crippen LogP contribution is 2.33. The molecule has 31 heavy (non-hydrogen) atoms. The second-order valence-corrected chi connectivity index (χ2v) is 9.17. The Morgan fingerprint density at radius 3 is 2.39 bits per heavy atom. The molecule has 1 heterocycles. The van der Waals surface area contributed by atoms with Crippen molar-refractivity contribution >= 4 is 61.6 Å². The van der Waals surface area contributed by atoms with Crippen LogP contribution >= 0.6 is 23.2 Å². The Bertz CT molecular complexity index is 1280. The number of hydrogen-bond donors (Lipinski definition) is 2. The Morgan fingerprint density at radius 2 is 1.74 bits per heavy atom. The number of halogens is 2. The average molecular weight is 482 g/mol. The molecule has 0 aliphatic rings. The van der Waals surface area contributed by atoms with Crippen LogP contribution in [0.1, 0.15) is 15.9 Å². The molecule has 1 aromatic heterocycles. The molecular formula is C20H17Cl2N3O5S. The molecule has 0 radical (unpaired) electrons. The minimum absolute atomic E-state index is 0.129. The number of nitrogens with one attached hydrogen (secondary N) is 2. The van der Waals surface area contributed by atoms with E-state index in [0.29, 0.717) is 27.9 Å². The summed E-state index contributed by atoms with van der Waals surface area (Å²) in [7, 11) is -3.69. The van der Waals surface area contributed by atoms with E-state index in [1.807, 2.05) is 4.72 Å². The maximum Gasteiger partial charge on any atom is 0.271 e. The number of fused-ring (bicyclic) bond motifs is 1. The van der Waals surface area contributed by atoms with Crippen molar-refractivity contribution in [1.29, 1.82) is 0 Å². The molecule has 0 aliphatic carbocycles. The topological polar surface area (TPSA) is 114 Å². The molecular weight excluding hydrogens is 465 g/mol. The van der Waals surface area contributed by atoms with Gasteiger partial charge in [0.25, 0.3) is 11.8 Å². The smallest absolute Gasteiger partial charge is 0.271 e. The molecule has 162 valence electrons. The van der Waals surface area contributed by atoms with Gasteiger partial charge >= 0.3 is 0 Å². The van der Waals surface area contributed by atoms with Crippen molar-refractivity contribution in [3.8, 4) is 5.75 Å². The maximum absolute atomic E-state index is 12.8. The van der Waals surface area contributed by atoms with Crippen molar-refractivity contribution in [1.82, 2.24) is 9.71 Å². The van der Waals surface area contributed by atoms with E-state index in [-0.39, 0.29) is 15.6 Å². The fourth-order valence-corrected chi connectivity index (χ4v) is 3.91. The Labute approximate surface area is 188 Å². The van der Waals surface area contributed by atoms with E-state index in [2.05, 4.69) is 10.3 Å². The molecule has 0 aliphatic heterocycles. The summed E-state index contributed by atoms with van der Waals surface area (Å²) in [5.41, 5.74) is 1.54. The van der Waals surface area contributed by atoms with Gasteiger partial charge in [0.1, 0.15) is 5.75 Å². The van der Waals surface area contributed by atoms with Crippen molar-refractivity contribution in [3.63, 3.8) is 0 Å². The number of anilines is 1. The third kappa shape index (κ3) is 5.43. The summed E-state index contributed by atoms with van der Waals surface area (Å²) in [5.74, 6) is -0.995. The minimum atomic E-state index is -3.69. The summed E-state index contributed by atoms with van der Waals surface area (Å²) in [6.45, 7) is 1.21. The number of rotatable bonds is 6. The third-order valence-corrected chi connectivity index (χ3v) is 5.34. The van der Waals surface area contributed by atoms with Gasteiger partial charge in [-0.05, 0) is 31.2 Å². The minimum Gasteiger partial charge on any atom is -0.483 e. The molecule has 2 amide bonds. The van der Waals surface area contributed by atoms with Crippen molar-refractivity contribution in [2.75, 3.05) is 18.2 Å². The van der Waals surface area contributed by atoms with Gasteiger partial charge in [0.2, 0.25) is 10.0 Å². The second-order valence-electron chi connectivity index (χ2n) is 6.61. The number of para-hydroxylation sites is 1. The largest absolute Gasteiger partial charge is 0.483 e. The zero-order valence-corrected chi connectivity index (χ0v) is 18.7. The molecule has 0 saturated heterocycles. The molecule has 11 heteroatoms. The van der Waals surface area contributed by atoms with Crippen LogP contribution in [0.2, 0.25) is 10.0 Å². The Kier molecular flexibility index (Phi) is 6.68. The fourth-order valence-electron chi connectivity index (χ4n) is 2.86. The van der Waals surface area contributed by atoms with Crippen LogP contribution in [0.15, 0.2) is 42.6 Å². The summed E-state index contributed by atoms with van der Waals surface area (Å²) in [4.78, 5) is 28.9. The van der Waals surface area contributed by atoms with Crippen LogP contribution in [0, 0.1) is 6.92 Å². The molecule has 0 atom stereocenters. The standard InChI is InChI=1S/C20H17Cl2N3O5S/c1-11-9-23-18-12(19(11)30-10-16(26)25-31(2,28)29)5-3-8-15(18)24-20(27)17-13(21)6-4-7-14(17)22/h3-9H,10H2,1-2H3,(H,24,27)(H,25,26). The molecule has 0 fully saturated rings. The number of ether oxygens (including phenoxy) is 1. The Hall–Kier alpha value is -2.88. The van der Waals surface area contributed by atoms with Crippen molar-refractivity contribution in [3.05, 3.63) is 63.8 Å². The van der Waals surface area contributed by atoms with Crippen molar-refractivity contribution in [2.24, 2.45) is 0 Å². The fraction of sp³-hybridized carbons (Fsp3) is 0.150. The number of pyridine rings is 1. The van der Waals surface area contributed by atoms with Crippen LogP contribution in [0.25, 0.3) is 10.9 Å². The number of benzene rings is 2. The second kappa shape index (κ2) is 9.09. The van der Waals surface area contributed by atoms with Crippen LogP contribution in [0.5, 0.6) is 5.75 Å². The quantitative estimate of drug-likeness (QED) is 0.556. The predicted octanol–water partition coefficient (Wildman–Crippen LogP) is 3.56. The molecule has 0 saturated carbocycles. The first-order valence-electron chi connectivity index (χ1n) is 8.84. The van der Waals surface area contributed by atoms with Gasteiger partial charge in [0, 0.05) is 17.1 Å². The van der Waals surface area contributed by atoms with Gasteiger partial charge in [-0.3, -0.25) is 19.3 Å². The summed E-state index contributed by atoms with van der Waals surface area (Å²) in [5, 5.41) is 3.67. The van der Waals surface area contributed by atoms with Gasteiger partial charge in [-0.1, -0.05) is 35.3 Å². The van der Waals surface area contributed by atoms with E-state index in [9.17, 15) is 18.0 Å². The van der Waals surface area contributed by atoms with Crippen LogP contribution in [0.4, 0.5) is 5.69 Å². The number of aromatic nitrogens is 1. The molecule has 0 unspecified atom stereocenters. The van der Waals surface area contributed by atoms with E-state index >= 15 is 0 Å². The lowest BCUT2D eigenvalue weighted by atomic mass is 10.1. The number of carbonyl (C=O) groups is 2. The molecule has 0 bridgehead atoms. The van der Waals surface area contributed by atoms with E-state index in [1.54, 1.807) is 43.3 Å². The van der Waals surface area contributed by atoms with Gasteiger partial charge in [-0.2, -0.15) is 0 Å². The molecule has 2 N–H and O–H groups in total. The van der Waals surface area contributed by atoms with Crippen LogP contribution in [0.3, 0.4) is 0 Å². The highest BCUT2D eigenvalue weighted by molar-refractivity contribution is 7.89. The molecule has 2 aromatic carbocycles. The highest BCUT2D eigenvalue weighted by Gasteiger charge is 2.18. The lowest BCUT2D eigenvalue weighted by molar-refractivity contribution is -0.121. The number of amides is 2. The normalized spacial score (nSPS) is 11.2. The zero-order chi connectivity index (χ0) is 22.8. The number of sulfonamides is 1. The van der Waals surface area contributed by atoms with E-state index in [4.69, 9.17) is 27.9 Å². The molecule has 3 rings (SSSR count). The molecule has 8 nitrogen and oxygen atoms in total. The Morgan fingerprint density at radius 1 is 1.10 bits per heavy atom. The predicted molar refractivity (Wildman–Crippen MR) is 119 cm³/mol. The highest BCUT2D eigenvalue weighted by atomic mass is 35.5. The first-order valence-corrected chi connectivity index (χ1v) is 11.5. The average Bonchev–Trinajstić information content (AvgIpc) is 2.66. The van der Waals surface area contributed by atoms with Gasteiger partial charge in [0.15, 0.2) is 6.61 Å². The van der Waals surface area contributed by atoms with Gasteiger partial charge in [-0.25, -0.2) is 8.42 Å². The van der Waals surface area contributed by atoms with Gasteiger partial charge in [0.05, 0.1) is 33.1 Å². The lowest BCUT2D eigenvalue weighted by Gasteiger charge is -2.14. The lowest BCUT2D eigenvalue weighted by Crippen LogP contribution is -2.33. The summed E-state index contributed by atoms with van der Waals surface area (Å²) >= 11 is 12.2. The van der Waals surface area contributed by atoms with Gasteiger partial charge in [-0.15, -0.1) is 0 Å². The van der Waals surface area contributed by atoms with Gasteiger partial charge < -0.3 is 10.1 Å². The SMILES string of the molecule is Cc1cnc2c(NC(=O)c3c(Cl)cccc3Cl)cccc2c1OCC(=O)NS(C)(=O)=O. The number of nitrogens with zero attached hydrogens (tertiary/aromatic N) is 1. The monoisotopic (exact) mass is 481 g/mol. The van der Waals surface area contributed by atoms with Crippen molar-refractivity contribution in [2.45, 2.75) is 6.92 Å². The number of aryl methyl sites for hydroxylation is 1. The number of carbonyl (C=O) groups excluding carboxylic acids is 2. The van der Waals surface area contributed by atoms with Crippen LogP contribution in [-0.2, 0) is 14.8 Å². The first kappa shape index (κ1) is 22.8. The van der Waals surface area contributed by atoms with E-state index in [1.165, 1.54) is 6.20 Å². The summed E-state index contributed by atoms with van der Waals surface area (Å²) < 4.78 is 29.8. The first-order chi connectivity index (χ1) is 14.6.